The molecule has 0 saturated heterocycles. The number of nitrogens with one attached hydrogen (secondary N) is 1. The van der Waals surface area contributed by atoms with E-state index >= 15 is 0 Å². The zero-order valence-electron chi connectivity index (χ0n) is 5.37. The number of hydrogen-bond acceptors (Lipinski definition) is 3. The lowest BCUT2D eigenvalue weighted by Gasteiger charge is -1.88. The Morgan fingerprint density at radius 1 is 1.36 bits per heavy atom. The highest BCUT2D eigenvalue weighted by Gasteiger charge is 2.19. The van der Waals surface area contributed by atoms with E-state index < -0.39 is 11.5 Å². The minimum absolute atomic E-state index is 0.0347. The standard InChI is InChI=1S/C6H3N3O2/c10-5-4-3(1-7-5)8-2-9-6(4)11/h1-2H,(H,8,9,11). The van der Waals surface area contributed by atoms with E-state index in [0.29, 0.717) is 5.69 Å². The molecule has 54 valence electrons. The Morgan fingerprint density at radius 2 is 2.18 bits per heavy atom. The number of hydrogen-bond donors (Lipinski definition) is 1. The number of aromatic nitrogens is 2. The second-order valence-corrected chi connectivity index (χ2v) is 2.06. The summed E-state index contributed by atoms with van der Waals surface area (Å²) in [6.07, 6.45) is 2.53. The van der Waals surface area contributed by atoms with E-state index in [2.05, 4.69) is 15.0 Å². The van der Waals surface area contributed by atoms with Crippen molar-refractivity contribution < 1.29 is 4.79 Å². The summed E-state index contributed by atoms with van der Waals surface area (Å²) < 4.78 is 0. The van der Waals surface area contributed by atoms with Gasteiger partial charge in [0.05, 0.1) is 12.5 Å². The summed E-state index contributed by atoms with van der Waals surface area (Å²) in [7, 11) is 0. The van der Waals surface area contributed by atoms with Gasteiger partial charge in [-0.1, -0.05) is 0 Å². The van der Waals surface area contributed by atoms with Gasteiger partial charge in [0.1, 0.15) is 11.3 Å². The van der Waals surface area contributed by atoms with E-state index in [-0.39, 0.29) is 5.56 Å². The molecule has 5 heteroatoms. The van der Waals surface area contributed by atoms with Crippen molar-refractivity contribution in [1.82, 2.24) is 9.97 Å². The van der Waals surface area contributed by atoms with Crippen LogP contribution in [0.4, 0.5) is 0 Å². The summed E-state index contributed by atoms with van der Waals surface area (Å²) in [4.78, 5) is 31.2. The third-order valence-electron chi connectivity index (χ3n) is 1.40. The molecule has 5 nitrogen and oxygen atoms in total. The van der Waals surface area contributed by atoms with E-state index in [1.54, 1.807) is 0 Å². The molecule has 11 heavy (non-hydrogen) atoms. The first-order valence-electron chi connectivity index (χ1n) is 2.95. The highest BCUT2D eigenvalue weighted by molar-refractivity contribution is 6.11. The van der Waals surface area contributed by atoms with E-state index in [4.69, 9.17) is 0 Å². The number of nitrogens with zero attached hydrogens (tertiary/aromatic N) is 2. The number of aliphatic imine (C=N–C) groups is 1. The molecule has 0 atom stereocenters. The fraction of sp³-hybridized carbons (Fsp3) is 0. The Labute approximate surface area is 60.8 Å². The van der Waals surface area contributed by atoms with Crippen molar-refractivity contribution in [2.45, 2.75) is 0 Å². The van der Waals surface area contributed by atoms with Crippen molar-refractivity contribution in [3.63, 3.8) is 0 Å². The lowest BCUT2D eigenvalue weighted by atomic mass is 10.2. The molecule has 1 aliphatic heterocycles. The molecule has 0 spiro atoms. The minimum Gasteiger partial charge on any atom is -0.312 e. The van der Waals surface area contributed by atoms with Gasteiger partial charge in [0, 0.05) is 0 Å². The van der Waals surface area contributed by atoms with Crippen LogP contribution in [-0.4, -0.2) is 22.1 Å². The summed E-state index contributed by atoms with van der Waals surface area (Å²) in [6.45, 7) is 0. The average Bonchev–Trinajstić information content (AvgIpc) is 2.34. The molecule has 1 aromatic heterocycles. The molecule has 0 radical (unpaired) electrons. The number of H-pyrrole nitrogens is 1. The molecule has 0 saturated carbocycles. The van der Waals surface area contributed by atoms with Crippen molar-refractivity contribution in [2.24, 2.45) is 4.99 Å². The smallest absolute Gasteiger partial charge is 0.284 e. The van der Waals surface area contributed by atoms with Gasteiger partial charge >= 0.3 is 0 Å². The molecule has 2 rings (SSSR count). The highest BCUT2D eigenvalue weighted by Crippen LogP contribution is 2.04. The molecule has 1 N–H and O–H groups in total. The predicted octanol–water partition coefficient (Wildman–Crippen LogP) is -0.657. The average molecular weight is 149 g/mol. The van der Waals surface area contributed by atoms with Crippen molar-refractivity contribution in [3.05, 3.63) is 27.9 Å². The quantitative estimate of drug-likeness (QED) is 0.532. The summed E-state index contributed by atoms with van der Waals surface area (Å²) in [5.74, 6) is -0.519. The topological polar surface area (TPSA) is 75.2 Å². The van der Waals surface area contributed by atoms with Crippen LogP contribution in [0.15, 0.2) is 16.1 Å². The molecule has 0 bridgehead atoms. The van der Waals surface area contributed by atoms with Crippen LogP contribution >= 0.6 is 0 Å². The van der Waals surface area contributed by atoms with Gasteiger partial charge in [0.2, 0.25) is 0 Å². The molecule has 1 aliphatic rings. The Bertz CT molecular complexity index is 405. The van der Waals surface area contributed by atoms with Gasteiger partial charge < -0.3 is 4.98 Å². The first-order chi connectivity index (χ1) is 5.29. The number of aromatic amines is 1. The van der Waals surface area contributed by atoms with Crippen molar-refractivity contribution >= 4 is 12.1 Å². The second kappa shape index (κ2) is 1.85. The molecular formula is C6H3N3O2. The number of fused-ring (bicyclic) bond motifs is 1. The maximum absolute atomic E-state index is 10.9. The van der Waals surface area contributed by atoms with E-state index in [1.165, 1.54) is 12.5 Å². The largest absolute Gasteiger partial charge is 0.312 e. The Kier molecular flexibility index (Phi) is 1.00. The van der Waals surface area contributed by atoms with Gasteiger partial charge in [-0.05, 0) is 0 Å². The zero-order valence-corrected chi connectivity index (χ0v) is 5.37. The van der Waals surface area contributed by atoms with E-state index in [0.717, 1.165) is 0 Å². The van der Waals surface area contributed by atoms with E-state index in [1.807, 2.05) is 0 Å². The van der Waals surface area contributed by atoms with Crippen molar-refractivity contribution in [1.29, 1.82) is 0 Å². The Hall–Kier alpha value is -1.78. The fourth-order valence-corrected chi connectivity index (χ4v) is 0.902. The van der Waals surface area contributed by atoms with Crippen LogP contribution in [0.1, 0.15) is 16.1 Å². The minimum atomic E-state index is -0.519. The summed E-state index contributed by atoms with van der Waals surface area (Å²) in [5.41, 5.74) is -0.0521. The maximum atomic E-state index is 10.9. The van der Waals surface area contributed by atoms with Crippen LogP contribution in [0, 0.1) is 0 Å². The molecule has 0 aromatic carbocycles. The molecule has 0 aliphatic carbocycles. The lowest BCUT2D eigenvalue weighted by molar-refractivity contribution is 0.100. The SMILES string of the molecule is O=C1N=Cc2nc[nH]c(=O)c21. The van der Waals surface area contributed by atoms with Crippen LogP contribution in [0.5, 0.6) is 0 Å². The molecular weight excluding hydrogens is 146 g/mol. The second-order valence-electron chi connectivity index (χ2n) is 2.06. The fourth-order valence-electron chi connectivity index (χ4n) is 0.902. The lowest BCUT2D eigenvalue weighted by Crippen LogP contribution is -2.16. The third kappa shape index (κ3) is 0.706. The van der Waals surface area contributed by atoms with Crippen molar-refractivity contribution in [3.8, 4) is 0 Å². The Morgan fingerprint density at radius 3 is 2.91 bits per heavy atom. The van der Waals surface area contributed by atoms with Gasteiger partial charge in [-0.2, -0.15) is 0 Å². The number of rotatable bonds is 0. The Balaban J connectivity index is 2.85. The predicted molar refractivity (Wildman–Crippen MR) is 36.8 cm³/mol. The first kappa shape index (κ1) is 5.96. The monoisotopic (exact) mass is 149 g/mol. The molecule has 0 fully saturated rings. The van der Waals surface area contributed by atoms with Crippen LogP contribution in [0.2, 0.25) is 0 Å². The first-order valence-corrected chi connectivity index (χ1v) is 2.95. The van der Waals surface area contributed by atoms with Crippen LogP contribution in [0.25, 0.3) is 0 Å². The normalized spacial score (nSPS) is 13.6. The van der Waals surface area contributed by atoms with Crippen molar-refractivity contribution in [2.75, 3.05) is 0 Å². The van der Waals surface area contributed by atoms with Gasteiger partial charge in [0.15, 0.2) is 0 Å². The van der Waals surface area contributed by atoms with Gasteiger partial charge in [-0.25, -0.2) is 9.98 Å². The molecule has 1 aromatic rings. The van der Waals surface area contributed by atoms with Gasteiger partial charge in [0.25, 0.3) is 11.5 Å². The third-order valence-corrected chi connectivity index (χ3v) is 1.40. The molecule has 1 amide bonds. The zero-order chi connectivity index (χ0) is 7.84. The van der Waals surface area contributed by atoms with E-state index in [9.17, 15) is 9.59 Å². The summed E-state index contributed by atoms with van der Waals surface area (Å²) in [6, 6.07) is 0. The van der Waals surface area contributed by atoms with Crippen LogP contribution in [-0.2, 0) is 0 Å². The molecule has 2 heterocycles. The number of amides is 1. The number of carbonyl (C=O) groups excluding carboxylic acids is 1. The number of carbonyl (C=O) groups is 1. The van der Waals surface area contributed by atoms with Crippen LogP contribution in [0.3, 0.4) is 0 Å². The summed E-state index contributed by atoms with van der Waals surface area (Å²) >= 11 is 0. The van der Waals surface area contributed by atoms with Gasteiger partial charge in [-0.15, -0.1) is 0 Å². The molecule has 0 unspecified atom stereocenters. The van der Waals surface area contributed by atoms with Crippen LogP contribution < -0.4 is 5.56 Å². The van der Waals surface area contributed by atoms with Gasteiger partial charge in [-0.3, -0.25) is 9.59 Å². The highest BCUT2D eigenvalue weighted by atomic mass is 16.2. The summed E-state index contributed by atoms with van der Waals surface area (Å²) in [5, 5.41) is 0. The maximum Gasteiger partial charge on any atom is 0.284 e.